The predicted molar refractivity (Wildman–Crippen MR) is 110 cm³/mol. The van der Waals surface area contributed by atoms with Gasteiger partial charge in [0, 0.05) is 19.3 Å². The molecular weight excluding hydrogens is 357 g/mol. The predicted octanol–water partition coefficient (Wildman–Crippen LogP) is 3.36. The van der Waals surface area contributed by atoms with E-state index in [1.807, 2.05) is 32.0 Å². The van der Waals surface area contributed by atoms with Crippen LogP contribution in [-0.2, 0) is 16.1 Å². The zero-order valence-corrected chi connectivity index (χ0v) is 17.1. The molecule has 28 heavy (non-hydrogen) atoms. The van der Waals surface area contributed by atoms with E-state index in [0.29, 0.717) is 6.54 Å². The van der Waals surface area contributed by atoms with Crippen molar-refractivity contribution in [1.82, 2.24) is 9.80 Å². The highest BCUT2D eigenvalue weighted by Crippen LogP contribution is 2.19. The Morgan fingerprint density at radius 1 is 1.07 bits per heavy atom. The number of carbonyl (C=O) groups is 2. The van der Waals surface area contributed by atoms with E-state index < -0.39 is 6.04 Å². The van der Waals surface area contributed by atoms with Crippen molar-refractivity contribution in [1.29, 1.82) is 0 Å². The van der Waals surface area contributed by atoms with E-state index in [0.717, 1.165) is 22.4 Å². The SMILES string of the molecule is Cc1cccc(C)c1NC(=O)CN(C)C(C)C(=O)N(C)Cc1cccc(F)c1. The molecule has 0 bridgehead atoms. The minimum atomic E-state index is -0.484. The number of hydrogen-bond donors (Lipinski definition) is 1. The van der Waals surface area contributed by atoms with E-state index in [2.05, 4.69) is 5.32 Å². The molecule has 1 N–H and O–H groups in total. The third-order valence-corrected chi connectivity index (χ3v) is 4.84. The average Bonchev–Trinajstić information content (AvgIpc) is 2.63. The number of benzene rings is 2. The smallest absolute Gasteiger partial charge is 0.239 e. The number of anilines is 1. The van der Waals surface area contributed by atoms with Gasteiger partial charge in [-0.15, -0.1) is 0 Å². The minimum absolute atomic E-state index is 0.0918. The standard InChI is InChI=1S/C22H28FN3O2/c1-15-8-6-9-16(2)21(15)24-20(27)14-25(4)17(3)22(28)26(5)13-18-10-7-11-19(23)12-18/h6-12,17H,13-14H2,1-5H3,(H,24,27). The fraction of sp³-hybridized carbons (Fsp3) is 0.364. The van der Waals surface area contributed by atoms with Gasteiger partial charge in [-0.05, 0) is 56.6 Å². The van der Waals surface area contributed by atoms with Crippen LogP contribution in [0.3, 0.4) is 0 Å². The van der Waals surface area contributed by atoms with Crippen molar-refractivity contribution in [2.45, 2.75) is 33.4 Å². The topological polar surface area (TPSA) is 52.7 Å². The summed E-state index contributed by atoms with van der Waals surface area (Å²) in [4.78, 5) is 28.4. The molecule has 0 saturated heterocycles. The summed E-state index contributed by atoms with van der Waals surface area (Å²) in [5.41, 5.74) is 3.52. The van der Waals surface area contributed by atoms with Crippen molar-refractivity contribution in [3.05, 3.63) is 65.0 Å². The van der Waals surface area contributed by atoms with Gasteiger partial charge in [0.15, 0.2) is 0 Å². The molecule has 6 heteroatoms. The van der Waals surface area contributed by atoms with Gasteiger partial charge in [0.25, 0.3) is 0 Å². The molecular formula is C22H28FN3O2. The van der Waals surface area contributed by atoms with Crippen LogP contribution in [0, 0.1) is 19.7 Å². The van der Waals surface area contributed by atoms with E-state index in [-0.39, 0.29) is 24.2 Å². The first-order chi connectivity index (χ1) is 13.2. The van der Waals surface area contributed by atoms with Crippen molar-refractivity contribution in [3.63, 3.8) is 0 Å². The van der Waals surface area contributed by atoms with Crippen molar-refractivity contribution in [3.8, 4) is 0 Å². The zero-order chi connectivity index (χ0) is 20.8. The Morgan fingerprint density at radius 3 is 2.29 bits per heavy atom. The molecule has 0 aliphatic carbocycles. The zero-order valence-electron chi connectivity index (χ0n) is 17.1. The van der Waals surface area contributed by atoms with Crippen LogP contribution in [0.5, 0.6) is 0 Å². The highest BCUT2D eigenvalue weighted by atomic mass is 19.1. The summed E-state index contributed by atoms with van der Waals surface area (Å²) in [5.74, 6) is -0.634. The molecule has 0 fully saturated rings. The van der Waals surface area contributed by atoms with Gasteiger partial charge >= 0.3 is 0 Å². The fourth-order valence-corrected chi connectivity index (χ4v) is 3.05. The Morgan fingerprint density at radius 2 is 1.68 bits per heavy atom. The summed E-state index contributed by atoms with van der Waals surface area (Å²) in [6.07, 6.45) is 0. The molecule has 0 aliphatic rings. The molecule has 0 aliphatic heterocycles. The summed E-state index contributed by atoms with van der Waals surface area (Å²) >= 11 is 0. The number of nitrogens with one attached hydrogen (secondary N) is 1. The lowest BCUT2D eigenvalue weighted by Crippen LogP contribution is -2.46. The Labute approximate surface area is 166 Å². The molecule has 0 saturated carbocycles. The highest BCUT2D eigenvalue weighted by molar-refractivity contribution is 5.94. The van der Waals surface area contributed by atoms with Crippen molar-refractivity contribution < 1.29 is 14.0 Å². The van der Waals surface area contributed by atoms with Gasteiger partial charge in [0.05, 0.1) is 12.6 Å². The third-order valence-electron chi connectivity index (χ3n) is 4.84. The summed E-state index contributed by atoms with van der Waals surface area (Å²) in [5, 5.41) is 2.93. The van der Waals surface area contributed by atoms with E-state index in [1.54, 1.807) is 43.0 Å². The number of hydrogen-bond acceptors (Lipinski definition) is 3. The number of carbonyl (C=O) groups excluding carboxylic acids is 2. The quantitative estimate of drug-likeness (QED) is 0.795. The third kappa shape index (κ3) is 5.63. The van der Waals surface area contributed by atoms with Gasteiger partial charge in [0.2, 0.25) is 11.8 Å². The number of nitrogens with zero attached hydrogens (tertiary/aromatic N) is 2. The minimum Gasteiger partial charge on any atom is -0.340 e. The van der Waals surface area contributed by atoms with Gasteiger partial charge in [0.1, 0.15) is 5.82 Å². The molecule has 2 amide bonds. The van der Waals surface area contributed by atoms with E-state index in [4.69, 9.17) is 0 Å². The van der Waals surface area contributed by atoms with Gasteiger partial charge in [-0.1, -0.05) is 30.3 Å². The average molecular weight is 385 g/mol. The summed E-state index contributed by atoms with van der Waals surface area (Å²) in [6, 6.07) is 11.5. The first kappa shape index (κ1) is 21.6. The molecule has 2 aromatic rings. The molecule has 1 unspecified atom stereocenters. The summed E-state index contributed by atoms with van der Waals surface area (Å²) < 4.78 is 13.3. The molecule has 0 spiro atoms. The summed E-state index contributed by atoms with van der Waals surface area (Å²) in [7, 11) is 3.41. The van der Waals surface area contributed by atoms with Crippen LogP contribution in [0.15, 0.2) is 42.5 Å². The Balaban J connectivity index is 1.94. The number of rotatable bonds is 7. The molecule has 0 radical (unpaired) electrons. The number of halogens is 1. The Bertz CT molecular complexity index is 833. The first-order valence-electron chi connectivity index (χ1n) is 9.24. The lowest BCUT2D eigenvalue weighted by molar-refractivity contribution is -0.135. The normalized spacial score (nSPS) is 12.0. The molecule has 2 aromatic carbocycles. The van der Waals surface area contributed by atoms with Crippen LogP contribution in [-0.4, -0.2) is 48.3 Å². The van der Waals surface area contributed by atoms with Crippen LogP contribution in [0.4, 0.5) is 10.1 Å². The molecule has 5 nitrogen and oxygen atoms in total. The van der Waals surface area contributed by atoms with Crippen LogP contribution >= 0.6 is 0 Å². The van der Waals surface area contributed by atoms with E-state index >= 15 is 0 Å². The van der Waals surface area contributed by atoms with Crippen molar-refractivity contribution in [2.24, 2.45) is 0 Å². The largest absolute Gasteiger partial charge is 0.340 e. The second-order valence-electron chi connectivity index (χ2n) is 7.23. The van der Waals surface area contributed by atoms with Gasteiger partial charge in [-0.25, -0.2) is 4.39 Å². The van der Waals surface area contributed by atoms with Crippen LogP contribution in [0.1, 0.15) is 23.6 Å². The van der Waals surface area contributed by atoms with Crippen LogP contribution in [0.25, 0.3) is 0 Å². The number of para-hydroxylation sites is 1. The maximum absolute atomic E-state index is 13.3. The van der Waals surface area contributed by atoms with Crippen molar-refractivity contribution >= 4 is 17.5 Å². The molecule has 0 heterocycles. The lowest BCUT2D eigenvalue weighted by atomic mass is 10.1. The molecule has 150 valence electrons. The molecule has 2 rings (SSSR count). The monoisotopic (exact) mass is 385 g/mol. The second-order valence-corrected chi connectivity index (χ2v) is 7.23. The highest BCUT2D eigenvalue weighted by Gasteiger charge is 2.23. The van der Waals surface area contributed by atoms with Gasteiger partial charge in [-0.3, -0.25) is 14.5 Å². The number of likely N-dealkylation sites (N-methyl/N-ethyl adjacent to an activating group) is 2. The summed E-state index contributed by atoms with van der Waals surface area (Å²) in [6.45, 7) is 6.05. The molecule has 1 atom stereocenters. The number of aryl methyl sites for hydroxylation is 2. The second kappa shape index (κ2) is 9.46. The van der Waals surface area contributed by atoms with E-state index in [9.17, 15) is 14.0 Å². The van der Waals surface area contributed by atoms with Crippen LogP contribution < -0.4 is 5.32 Å². The van der Waals surface area contributed by atoms with Gasteiger partial charge in [-0.2, -0.15) is 0 Å². The maximum atomic E-state index is 13.3. The first-order valence-corrected chi connectivity index (χ1v) is 9.24. The van der Waals surface area contributed by atoms with E-state index in [1.165, 1.54) is 12.1 Å². The van der Waals surface area contributed by atoms with Crippen molar-refractivity contribution in [2.75, 3.05) is 26.0 Å². The molecule has 0 aromatic heterocycles. The fourth-order valence-electron chi connectivity index (χ4n) is 3.05. The Hall–Kier alpha value is -2.73. The lowest BCUT2D eigenvalue weighted by Gasteiger charge is -2.28. The van der Waals surface area contributed by atoms with Crippen LogP contribution in [0.2, 0.25) is 0 Å². The van der Waals surface area contributed by atoms with Gasteiger partial charge < -0.3 is 10.2 Å². The number of amides is 2. The Kier molecular flexibility index (Phi) is 7.29. The maximum Gasteiger partial charge on any atom is 0.239 e.